The molecule has 2 aromatic rings. The van der Waals surface area contributed by atoms with Crippen molar-refractivity contribution in [3.05, 3.63) is 24.4 Å². The quantitative estimate of drug-likeness (QED) is 0.896. The average molecular weight is 246 g/mol. The second-order valence-corrected chi connectivity index (χ2v) is 4.69. The van der Waals surface area contributed by atoms with Gasteiger partial charge in [-0.15, -0.1) is 5.10 Å². The van der Waals surface area contributed by atoms with E-state index in [-0.39, 0.29) is 0 Å². The highest BCUT2D eigenvalue weighted by molar-refractivity contribution is 5.42. The lowest BCUT2D eigenvalue weighted by atomic mass is 10.00. The van der Waals surface area contributed by atoms with Gasteiger partial charge in [-0.25, -0.2) is 4.52 Å². The fourth-order valence-electron chi connectivity index (χ4n) is 2.51. The van der Waals surface area contributed by atoms with Crippen LogP contribution in [0.4, 0.5) is 5.95 Å². The monoisotopic (exact) mass is 246 g/mol. The maximum absolute atomic E-state index is 5.68. The van der Waals surface area contributed by atoms with Gasteiger partial charge in [0.2, 0.25) is 5.95 Å². The molecule has 0 aromatic carbocycles. The van der Waals surface area contributed by atoms with E-state index in [2.05, 4.69) is 22.3 Å². The molecule has 18 heavy (non-hydrogen) atoms. The molecule has 0 radical (unpaired) electrons. The third kappa shape index (κ3) is 2.18. The summed E-state index contributed by atoms with van der Waals surface area (Å²) in [4.78, 5) is 4.42. The number of aromatic nitrogens is 3. The Bertz CT molecular complexity index is 491. The van der Waals surface area contributed by atoms with E-state index < -0.39 is 0 Å². The Hall–Kier alpha value is -1.62. The van der Waals surface area contributed by atoms with Crippen molar-refractivity contribution < 1.29 is 4.74 Å². The topological polar surface area (TPSA) is 51.5 Å². The number of hydrogen-bond acceptors (Lipinski definition) is 4. The van der Waals surface area contributed by atoms with Gasteiger partial charge in [-0.1, -0.05) is 13.0 Å². The van der Waals surface area contributed by atoms with E-state index in [1.54, 1.807) is 4.52 Å². The summed E-state index contributed by atoms with van der Waals surface area (Å²) in [5.41, 5.74) is 0.870. The molecule has 0 saturated carbocycles. The van der Waals surface area contributed by atoms with Crippen LogP contribution in [-0.2, 0) is 4.74 Å². The number of nitrogens with zero attached hydrogens (tertiary/aromatic N) is 3. The predicted molar refractivity (Wildman–Crippen MR) is 69.6 cm³/mol. The Morgan fingerprint density at radius 1 is 1.50 bits per heavy atom. The highest BCUT2D eigenvalue weighted by atomic mass is 16.5. The van der Waals surface area contributed by atoms with E-state index in [1.165, 1.54) is 0 Å². The van der Waals surface area contributed by atoms with Crippen LogP contribution in [0, 0.1) is 5.92 Å². The molecule has 96 valence electrons. The molecular weight excluding hydrogens is 228 g/mol. The van der Waals surface area contributed by atoms with Crippen LogP contribution >= 0.6 is 0 Å². The number of hydrogen-bond donors (Lipinski definition) is 1. The summed E-state index contributed by atoms with van der Waals surface area (Å²) in [6.45, 7) is 3.94. The molecule has 0 bridgehead atoms. The van der Waals surface area contributed by atoms with E-state index in [0.717, 1.165) is 31.6 Å². The van der Waals surface area contributed by atoms with Gasteiger partial charge >= 0.3 is 0 Å². The van der Waals surface area contributed by atoms with Crippen LogP contribution in [0.15, 0.2) is 24.4 Å². The second-order valence-electron chi connectivity index (χ2n) is 4.69. The molecule has 1 N–H and O–H groups in total. The van der Waals surface area contributed by atoms with E-state index in [4.69, 9.17) is 4.74 Å². The second kappa shape index (κ2) is 4.94. The van der Waals surface area contributed by atoms with E-state index in [0.29, 0.717) is 18.0 Å². The number of ether oxygens (including phenoxy) is 1. The molecule has 2 unspecified atom stereocenters. The third-order valence-corrected chi connectivity index (χ3v) is 3.51. The predicted octanol–water partition coefficient (Wildman–Crippen LogP) is 1.96. The Morgan fingerprint density at radius 3 is 3.28 bits per heavy atom. The van der Waals surface area contributed by atoms with Gasteiger partial charge in [-0.3, -0.25) is 0 Å². The van der Waals surface area contributed by atoms with E-state index in [1.807, 2.05) is 24.4 Å². The first-order valence-electron chi connectivity index (χ1n) is 6.53. The van der Waals surface area contributed by atoms with Crippen LogP contribution in [0.2, 0.25) is 0 Å². The van der Waals surface area contributed by atoms with Crippen molar-refractivity contribution in [2.45, 2.75) is 25.9 Å². The summed E-state index contributed by atoms with van der Waals surface area (Å²) < 4.78 is 7.46. The van der Waals surface area contributed by atoms with Crippen LogP contribution in [0.25, 0.3) is 5.65 Å². The Labute approximate surface area is 106 Å². The lowest BCUT2D eigenvalue weighted by molar-refractivity contribution is 0.0900. The number of rotatable bonds is 4. The van der Waals surface area contributed by atoms with Crippen LogP contribution in [0.5, 0.6) is 0 Å². The fraction of sp³-hybridized carbons (Fsp3) is 0.538. The van der Waals surface area contributed by atoms with Gasteiger partial charge in [-0.05, 0) is 25.0 Å². The molecule has 3 rings (SSSR count). The molecule has 0 aliphatic carbocycles. The maximum Gasteiger partial charge on any atom is 0.243 e. The molecule has 5 heteroatoms. The zero-order chi connectivity index (χ0) is 12.4. The van der Waals surface area contributed by atoms with E-state index >= 15 is 0 Å². The number of fused-ring (bicyclic) bond motifs is 1. The van der Waals surface area contributed by atoms with Crippen molar-refractivity contribution in [3.63, 3.8) is 0 Å². The molecule has 3 heterocycles. The normalized spacial score (nSPS) is 23.6. The molecule has 1 aliphatic heterocycles. The van der Waals surface area contributed by atoms with Crippen molar-refractivity contribution in [1.82, 2.24) is 14.6 Å². The standard InChI is InChI=1S/C13H18N4O/c1-2-11-10(6-8-18-11)9-14-13-15-12-5-3-4-7-17(12)16-13/h3-5,7,10-11H,2,6,8-9H2,1H3,(H,14,16). The molecule has 2 atom stereocenters. The van der Waals surface area contributed by atoms with Crippen molar-refractivity contribution in [3.8, 4) is 0 Å². The van der Waals surface area contributed by atoms with Crippen LogP contribution < -0.4 is 5.32 Å². The molecule has 0 spiro atoms. The first-order valence-corrected chi connectivity index (χ1v) is 6.53. The Kier molecular flexibility index (Phi) is 3.15. The lowest BCUT2D eigenvalue weighted by Gasteiger charge is -2.16. The molecule has 1 aliphatic rings. The molecule has 1 saturated heterocycles. The Morgan fingerprint density at radius 2 is 2.44 bits per heavy atom. The van der Waals surface area contributed by atoms with Gasteiger partial charge in [0.05, 0.1) is 6.10 Å². The van der Waals surface area contributed by atoms with Gasteiger partial charge in [0, 0.05) is 25.3 Å². The summed E-state index contributed by atoms with van der Waals surface area (Å²) in [6, 6.07) is 5.86. The van der Waals surface area contributed by atoms with Crippen molar-refractivity contribution in [2.24, 2.45) is 5.92 Å². The maximum atomic E-state index is 5.68. The summed E-state index contributed by atoms with van der Waals surface area (Å²) in [5, 5.41) is 7.70. The molecule has 2 aromatic heterocycles. The summed E-state index contributed by atoms with van der Waals surface area (Å²) in [5.74, 6) is 1.27. The number of anilines is 1. The van der Waals surface area contributed by atoms with Gasteiger partial charge in [0.15, 0.2) is 5.65 Å². The zero-order valence-corrected chi connectivity index (χ0v) is 10.5. The number of pyridine rings is 1. The molecule has 5 nitrogen and oxygen atoms in total. The minimum absolute atomic E-state index is 0.384. The molecular formula is C13H18N4O. The highest BCUT2D eigenvalue weighted by Crippen LogP contribution is 2.23. The largest absolute Gasteiger partial charge is 0.378 e. The number of nitrogens with one attached hydrogen (secondary N) is 1. The zero-order valence-electron chi connectivity index (χ0n) is 10.5. The van der Waals surface area contributed by atoms with Crippen molar-refractivity contribution in [2.75, 3.05) is 18.5 Å². The van der Waals surface area contributed by atoms with Gasteiger partial charge < -0.3 is 10.1 Å². The van der Waals surface area contributed by atoms with Crippen LogP contribution in [0.1, 0.15) is 19.8 Å². The van der Waals surface area contributed by atoms with Gasteiger partial charge in [0.25, 0.3) is 0 Å². The third-order valence-electron chi connectivity index (χ3n) is 3.51. The first-order chi connectivity index (χ1) is 8.86. The smallest absolute Gasteiger partial charge is 0.243 e. The van der Waals surface area contributed by atoms with Crippen LogP contribution in [-0.4, -0.2) is 33.9 Å². The Balaban J connectivity index is 1.66. The minimum Gasteiger partial charge on any atom is -0.378 e. The van der Waals surface area contributed by atoms with Crippen molar-refractivity contribution >= 4 is 11.6 Å². The highest BCUT2D eigenvalue weighted by Gasteiger charge is 2.26. The SMILES string of the molecule is CCC1OCCC1CNc1nc2ccccn2n1. The summed E-state index contributed by atoms with van der Waals surface area (Å²) in [6.07, 6.45) is 4.49. The fourth-order valence-corrected chi connectivity index (χ4v) is 2.51. The lowest BCUT2D eigenvalue weighted by Crippen LogP contribution is -2.23. The van der Waals surface area contributed by atoms with Crippen molar-refractivity contribution in [1.29, 1.82) is 0 Å². The minimum atomic E-state index is 0.384. The average Bonchev–Trinajstić information content (AvgIpc) is 3.01. The summed E-state index contributed by atoms with van der Waals surface area (Å²) in [7, 11) is 0. The molecule has 1 fully saturated rings. The van der Waals surface area contributed by atoms with E-state index in [9.17, 15) is 0 Å². The van der Waals surface area contributed by atoms with Crippen LogP contribution in [0.3, 0.4) is 0 Å². The van der Waals surface area contributed by atoms with Gasteiger partial charge in [0.1, 0.15) is 0 Å². The summed E-state index contributed by atoms with van der Waals surface area (Å²) >= 11 is 0. The first kappa shape index (κ1) is 11.5. The van der Waals surface area contributed by atoms with Gasteiger partial charge in [-0.2, -0.15) is 4.98 Å². The molecule has 0 amide bonds.